The van der Waals surface area contributed by atoms with E-state index in [9.17, 15) is 26.3 Å². The number of hydrogen-bond donors (Lipinski definition) is 0. The molecular formula is C4H6F6N2S. The minimum absolute atomic E-state index is 0.444. The molecule has 0 saturated carbocycles. The fourth-order valence-corrected chi connectivity index (χ4v) is 0.829. The van der Waals surface area contributed by atoms with Crippen LogP contribution in [0.15, 0.2) is 0 Å². The fraction of sp³-hybridized carbons (Fsp3) is 1.00. The first-order valence-electron chi connectivity index (χ1n) is 2.84. The average Bonchev–Trinajstić information content (AvgIpc) is 1.82. The van der Waals surface area contributed by atoms with Gasteiger partial charge in [0, 0.05) is 26.2 Å². The Balaban J connectivity index is 4.15. The molecule has 0 rings (SSSR count). The highest BCUT2D eigenvalue weighted by Gasteiger charge is 2.42. The second kappa shape index (κ2) is 3.93. The largest absolute Gasteiger partial charge is 0.470 e. The summed E-state index contributed by atoms with van der Waals surface area (Å²) in [6.45, 7) is 0. The molecule has 0 aliphatic carbocycles. The van der Waals surface area contributed by atoms with Gasteiger partial charge in [-0.3, -0.25) is 0 Å². The Morgan fingerprint density at radius 1 is 0.769 bits per heavy atom. The molecule has 0 bridgehead atoms. The summed E-state index contributed by atoms with van der Waals surface area (Å²) in [4.78, 5) is 0. The molecule has 0 fully saturated rings. The van der Waals surface area contributed by atoms with E-state index in [-0.39, 0.29) is 0 Å². The van der Waals surface area contributed by atoms with Crippen LogP contribution in [0.1, 0.15) is 0 Å². The summed E-state index contributed by atoms with van der Waals surface area (Å²) >= 11 is -0.470. The van der Waals surface area contributed by atoms with Gasteiger partial charge in [-0.1, -0.05) is 0 Å². The molecule has 13 heavy (non-hydrogen) atoms. The molecule has 0 aliphatic rings. The lowest BCUT2D eigenvalue weighted by atomic mass is 11.1. The third kappa shape index (κ3) is 4.58. The van der Waals surface area contributed by atoms with Gasteiger partial charge in [0.15, 0.2) is 0 Å². The topological polar surface area (TPSA) is 6.48 Å². The summed E-state index contributed by atoms with van der Waals surface area (Å²) in [5.41, 5.74) is 0. The lowest BCUT2D eigenvalue weighted by Gasteiger charge is -2.25. The average molecular weight is 228 g/mol. The summed E-state index contributed by atoms with van der Waals surface area (Å²) in [6, 6.07) is 0. The Hall–Kier alpha value is -0.150. The van der Waals surface area contributed by atoms with Crippen molar-refractivity contribution >= 4 is 12.1 Å². The molecule has 0 spiro atoms. The van der Waals surface area contributed by atoms with Crippen molar-refractivity contribution in [2.45, 2.75) is 12.6 Å². The Bertz CT molecular complexity index is 147. The van der Waals surface area contributed by atoms with Gasteiger partial charge in [-0.2, -0.15) is 26.3 Å². The molecule has 0 aliphatic heterocycles. The maximum absolute atomic E-state index is 11.7. The van der Waals surface area contributed by atoms with Gasteiger partial charge in [0.1, 0.15) is 0 Å². The van der Waals surface area contributed by atoms with Gasteiger partial charge in [0.05, 0.1) is 0 Å². The van der Waals surface area contributed by atoms with Crippen molar-refractivity contribution in [2.75, 3.05) is 14.1 Å². The molecule has 0 aromatic rings. The molecule has 9 heteroatoms. The minimum Gasteiger partial charge on any atom is -0.155 e. The first-order valence-corrected chi connectivity index (χ1v) is 3.57. The smallest absolute Gasteiger partial charge is 0.155 e. The van der Waals surface area contributed by atoms with Gasteiger partial charge in [-0.25, -0.2) is 0 Å². The van der Waals surface area contributed by atoms with Crippen LogP contribution in [0.25, 0.3) is 0 Å². The lowest BCUT2D eigenvalue weighted by molar-refractivity contribution is -0.214. The van der Waals surface area contributed by atoms with Crippen molar-refractivity contribution in [3.05, 3.63) is 0 Å². The maximum atomic E-state index is 11.7. The molecule has 0 amide bonds. The monoisotopic (exact) mass is 228 g/mol. The zero-order valence-corrected chi connectivity index (χ0v) is 7.39. The summed E-state index contributed by atoms with van der Waals surface area (Å²) in [5.74, 6) is 0. The van der Waals surface area contributed by atoms with E-state index in [1.54, 1.807) is 0 Å². The number of alkyl halides is 6. The van der Waals surface area contributed by atoms with Gasteiger partial charge in [0.25, 0.3) is 0 Å². The van der Waals surface area contributed by atoms with E-state index in [0.717, 1.165) is 0 Å². The summed E-state index contributed by atoms with van der Waals surface area (Å²) in [6.07, 6.45) is -9.58. The molecule has 0 atom stereocenters. The summed E-state index contributed by atoms with van der Waals surface area (Å²) in [5, 5.41) is 0. The quantitative estimate of drug-likeness (QED) is 0.407. The van der Waals surface area contributed by atoms with Crippen LogP contribution in [0.2, 0.25) is 0 Å². The van der Waals surface area contributed by atoms with E-state index in [4.69, 9.17) is 0 Å². The van der Waals surface area contributed by atoms with Gasteiger partial charge >= 0.3 is 12.6 Å². The van der Waals surface area contributed by atoms with E-state index in [2.05, 4.69) is 0 Å². The molecule has 0 heterocycles. The second-order valence-electron chi connectivity index (χ2n) is 2.01. The number of hydrogen-bond acceptors (Lipinski definition) is 3. The standard InChI is InChI=1S/C4H6F6N2S/c1-11(3(5,6)7)13-12(2)4(8,9)10/h1-2H3. The maximum Gasteiger partial charge on any atom is 0.470 e. The van der Waals surface area contributed by atoms with Gasteiger partial charge < -0.3 is 0 Å². The molecule has 0 aromatic heterocycles. The Kier molecular flexibility index (Phi) is 3.88. The highest BCUT2D eigenvalue weighted by molar-refractivity contribution is 7.94. The van der Waals surface area contributed by atoms with Crippen molar-refractivity contribution in [1.29, 1.82) is 0 Å². The van der Waals surface area contributed by atoms with E-state index in [1.807, 2.05) is 0 Å². The fourth-order valence-electron chi connectivity index (χ4n) is 0.276. The number of nitrogens with zero attached hydrogens (tertiary/aromatic N) is 2. The van der Waals surface area contributed by atoms with Crippen molar-refractivity contribution in [3.8, 4) is 0 Å². The van der Waals surface area contributed by atoms with Crippen LogP contribution in [-0.4, -0.2) is 35.3 Å². The van der Waals surface area contributed by atoms with Crippen LogP contribution in [0.3, 0.4) is 0 Å². The first kappa shape index (κ1) is 12.8. The van der Waals surface area contributed by atoms with E-state index in [0.29, 0.717) is 14.1 Å². The molecule has 0 radical (unpaired) electrons. The van der Waals surface area contributed by atoms with E-state index < -0.39 is 33.3 Å². The molecule has 2 nitrogen and oxygen atoms in total. The van der Waals surface area contributed by atoms with Crippen molar-refractivity contribution in [1.82, 2.24) is 8.61 Å². The van der Waals surface area contributed by atoms with Crippen LogP contribution in [-0.2, 0) is 0 Å². The minimum atomic E-state index is -4.79. The van der Waals surface area contributed by atoms with Crippen LogP contribution in [0.5, 0.6) is 0 Å². The number of rotatable bonds is 2. The predicted molar refractivity (Wildman–Crippen MR) is 35.2 cm³/mol. The zero-order chi connectivity index (χ0) is 10.9. The second-order valence-corrected chi connectivity index (χ2v) is 3.27. The van der Waals surface area contributed by atoms with Crippen LogP contribution in [0.4, 0.5) is 26.3 Å². The van der Waals surface area contributed by atoms with E-state index >= 15 is 0 Å². The van der Waals surface area contributed by atoms with Gasteiger partial charge in [-0.15, -0.1) is 8.61 Å². The summed E-state index contributed by atoms with van der Waals surface area (Å²) < 4.78 is 69.4. The highest BCUT2D eigenvalue weighted by Crippen LogP contribution is 2.33. The Morgan fingerprint density at radius 3 is 1.15 bits per heavy atom. The highest BCUT2D eigenvalue weighted by atomic mass is 32.2. The van der Waals surface area contributed by atoms with Crippen molar-refractivity contribution in [2.24, 2.45) is 0 Å². The molecule has 80 valence electrons. The van der Waals surface area contributed by atoms with Crippen LogP contribution < -0.4 is 0 Å². The third-order valence-corrected chi connectivity index (χ3v) is 1.86. The molecule has 0 aromatic carbocycles. The lowest BCUT2D eigenvalue weighted by Crippen LogP contribution is -2.37. The molecule has 0 N–H and O–H groups in total. The number of halogens is 6. The Labute approximate surface area is 74.7 Å². The normalized spacial score (nSPS) is 14.3. The van der Waals surface area contributed by atoms with Crippen LogP contribution >= 0.6 is 12.1 Å². The van der Waals surface area contributed by atoms with Crippen molar-refractivity contribution in [3.63, 3.8) is 0 Å². The van der Waals surface area contributed by atoms with E-state index in [1.165, 1.54) is 0 Å². The van der Waals surface area contributed by atoms with Gasteiger partial charge in [-0.05, 0) is 0 Å². The zero-order valence-electron chi connectivity index (χ0n) is 6.57. The van der Waals surface area contributed by atoms with Crippen LogP contribution in [0, 0.1) is 0 Å². The first-order chi connectivity index (χ1) is 5.55. The SMILES string of the molecule is CN(SN(C)C(F)(F)F)C(F)(F)F. The molecular weight excluding hydrogens is 222 g/mol. The predicted octanol–water partition coefficient (Wildman–Crippen LogP) is 2.45. The van der Waals surface area contributed by atoms with Gasteiger partial charge in [0.2, 0.25) is 0 Å². The summed E-state index contributed by atoms with van der Waals surface area (Å²) in [7, 11) is 1.01. The third-order valence-electron chi connectivity index (χ3n) is 0.959. The van der Waals surface area contributed by atoms with Crippen molar-refractivity contribution < 1.29 is 26.3 Å². The Morgan fingerprint density at radius 2 is 1.00 bits per heavy atom. The molecule has 0 saturated heterocycles. The molecule has 0 unspecified atom stereocenters.